The van der Waals surface area contributed by atoms with Crippen LogP contribution in [-0.4, -0.2) is 136 Å². The zero-order valence-corrected chi connectivity index (χ0v) is 41.8. The molecule has 376 valence electrons. The molecule has 0 spiro atoms. The lowest BCUT2D eigenvalue weighted by Gasteiger charge is -2.42. The molecular formula is C52H77N5O11. The molecule has 4 bridgehead atoms. The number of carbonyl (C=O) groups excluding carboxylic acids is 4. The minimum Gasteiger partial charge on any atom is -0.460 e. The Hall–Kier alpha value is -4.19. The van der Waals surface area contributed by atoms with Gasteiger partial charge in [0.1, 0.15) is 36.5 Å². The van der Waals surface area contributed by atoms with E-state index in [1.54, 1.807) is 39.3 Å². The number of cyclic esters (lactones) is 1. The average Bonchev–Trinajstić information content (AvgIpc) is 3.98. The fourth-order valence-electron chi connectivity index (χ4n) is 11.0. The largest absolute Gasteiger partial charge is 0.460 e. The van der Waals surface area contributed by atoms with Crippen LogP contribution in [0.2, 0.25) is 0 Å². The number of amides is 1. The molecular weight excluding hydrogens is 871 g/mol. The molecule has 1 aromatic heterocycles. The van der Waals surface area contributed by atoms with Crippen LogP contribution < -0.4 is 0 Å². The third kappa shape index (κ3) is 12.6. The number of ketones is 2. The second-order valence-electron chi connectivity index (χ2n) is 20.3. The van der Waals surface area contributed by atoms with Crippen molar-refractivity contribution < 1.29 is 52.7 Å². The molecule has 16 heteroatoms. The molecule has 5 heterocycles. The van der Waals surface area contributed by atoms with Crippen LogP contribution in [0, 0.1) is 29.6 Å². The predicted octanol–water partition coefficient (Wildman–Crippen LogP) is 6.81. The third-order valence-corrected chi connectivity index (χ3v) is 15.3. The summed E-state index contributed by atoms with van der Waals surface area (Å²) in [6, 6.07) is -1.12. The van der Waals surface area contributed by atoms with Gasteiger partial charge in [-0.2, -0.15) is 0 Å². The number of methoxy groups -OCH3 is 3. The van der Waals surface area contributed by atoms with Gasteiger partial charge in [-0.05, 0) is 123 Å². The summed E-state index contributed by atoms with van der Waals surface area (Å²) in [4.78, 5) is 58.8. The fraction of sp³-hybridized carbons (Fsp3) is 0.712. The first kappa shape index (κ1) is 53.2. The molecule has 0 radical (unpaired) electrons. The summed E-state index contributed by atoms with van der Waals surface area (Å²) in [6.45, 7) is 16.1. The van der Waals surface area contributed by atoms with E-state index in [4.69, 9.17) is 28.4 Å². The van der Waals surface area contributed by atoms with E-state index in [1.807, 2.05) is 58.1 Å². The van der Waals surface area contributed by atoms with Crippen LogP contribution in [0.1, 0.15) is 125 Å². The lowest BCUT2D eigenvalue weighted by Crippen LogP contribution is -2.61. The third-order valence-electron chi connectivity index (χ3n) is 15.3. The number of tetrazole rings is 1. The number of carbonyl (C=O) groups is 4. The molecule has 1 amide bonds. The van der Waals surface area contributed by atoms with Crippen molar-refractivity contribution in [3.05, 3.63) is 66.1 Å². The van der Waals surface area contributed by atoms with E-state index in [2.05, 4.69) is 35.1 Å². The summed E-state index contributed by atoms with van der Waals surface area (Å²) < 4.78 is 38.7. The fourth-order valence-corrected chi connectivity index (χ4v) is 11.0. The van der Waals surface area contributed by atoms with E-state index < -0.39 is 65.7 Å². The number of ether oxygens (including phenoxy) is 6. The number of fused-ring (bicyclic) bond motifs is 5. The number of esters is 1. The second-order valence-corrected chi connectivity index (χ2v) is 20.3. The van der Waals surface area contributed by atoms with Crippen molar-refractivity contribution >= 4 is 23.4 Å². The minimum atomic E-state index is -2.40. The van der Waals surface area contributed by atoms with Gasteiger partial charge in [0.2, 0.25) is 5.79 Å². The van der Waals surface area contributed by atoms with E-state index in [-0.39, 0.29) is 67.3 Å². The molecule has 4 fully saturated rings. The Balaban J connectivity index is 1.30. The standard InChI is InChI=1S/C52H77N5O11/c1-31-16-12-11-13-17-32(2)43(63-8)28-39-21-19-36(6)52(62,68-39)49(59)50(60)56-23-15-14-18-41(56)51(61)67-44(34(4)26-38-20-22-40(46(27-38)64-9)57-30-53-54-55-57)29-42(58)33(3)25-35(5)47-48(65-10)37(7)45(24-31)66-47/h11-13,16-17,25,30-31,33-34,36,38-41,43-48,62H,7,14-15,18-24,26-29H2,1-6,8-10H3/b13-11+,16-12+,32-17+,35-25+/t31-,33-,34-,36-,38+,39+,40?,41+,43+,44+,45?,46-,47-,48?,52-/m1/s1. The summed E-state index contributed by atoms with van der Waals surface area (Å²) in [7, 11) is 4.93. The predicted molar refractivity (Wildman–Crippen MR) is 254 cm³/mol. The van der Waals surface area contributed by atoms with Crippen molar-refractivity contribution in [1.82, 2.24) is 25.1 Å². The molecule has 1 saturated carbocycles. The van der Waals surface area contributed by atoms with Crippen LogP contribution in [0.25, 0.3) is 0 Å². The number of Topliss-reactive ketones (excluding diaryl/α,β-unsaturated/α-hetero) is 2. The minimum absolute atomic E-state index is 0.0219. The molecule has 16 nitrogen and oxygen atoms in total. The monoisotopic (exact) mass is 948 g/mol. The van der Waals surface area contributed by atoms with E-state index >= 15 is 0 Å². The van der Waals surface area contributed by atoms with Gasteiger partial charge in [0.05, 0.1) is 30.5 Å². The Bertz CT molecular complexity index is 2030. The molecule has 1 N–H and O–H groups in total. The van der Waals surface area contributed by atoms with Crippen LogP contribution in [0.3, 0.4) is 0 Å². The second kappa shape index (κ2) is 24.1. The molecule has 1 aromatic rings. The summed E-state index contributed by atoms with van der Waals surface area (Å²) in [5.74, 6) is -6.48. The maximum atomic E-state index is 14.5. The Labute approximate surface area is 402 Å². The van der Waals surface area contributed by atoms with Gasteiger partial charge < -0.3 is 38.4 Å². The SMILES string of the molecule is C=C1C2C[C@H](C)/C=C/C=C/C=C(\C)[C@@H](OC)C[C@@H]3CC[C@@H](C)[C@@](O)(O3)C(=O)C(=O)N3CCCC[C@H]3C(=O)O[C@H]([C@H](C)C[C@@H]3CCC(n4cnnn4)[C@H](OC)C3)CC(=O)[C@H](C)/C=C(\C)[C@@H](O2)C1OC. The molecule has 4 aliphatic heterocycles. The van der Waals surface area contributed by atoms with E-state index in [0.717, 1.165) is 36.0 Å². The van der Waals surface area contributed by atoms with E-state index in [0.29, 0.717) is 44.9 Å². The van der Waals surface area contributed by atoms with Crippen LogP contribution in [0.4, 0.5) is 0 Å². The maximum Gasteiger partial charge on any atom is 0.329 e. The van der Waals surface area contributed by atoms with Gasteiger partial charge >= 0.3 is 5.97 Å². The highest BCUT2D eigenvalue weighted by Crippen LogP contribution is 2.40. The smallest absolute Gasteiger partial charge is 0.329 e. The van der Waals surface area contributed by atoms with Crippen molar-refractivity contribution in [2.24, 2.45) is 29.6 Å². The average molecular weight is 948 g/mol. The molecule has 68 heavy (non-hydrogen) atoms. The highest BCUT2D eigenvalue weighted by atomic mass is 16.6. The normalized spacial score (nSPS) is 39.6. The summed E-state index contributed by atoms with van der Waals surface area (Å²) >= 11 is 0. The Morgan fingerprint density at radius 1 is 0.926 bits per heavy atom. The first-order valence-electron chi connectivity index (χ1n) is 24.8. The number of aromatic nitrogens is 4. The van der Waals surface area contributed by atoms with Crippen LogP contribution in [-0.2, 0) is 47.6 Å². The topological polar surface area (TPSA) is 191 Å². The zero-order chi connectivity index (χ0) is 49.3. The van der Waals surface area contributed by atoms with Crippen molar-refractivity contribution in [1.29, 1.82) is 0 Å². The molecule has 3 unspecified atom stereocenters. The molecule has 3 saturated heterocycles. The molecule has 6 rings (SSSR count). The van der Waals surface area contributed by atoms with Crippen molar-refractivity contribution in [3.63, 3.8) is 0 Å². The van der Waals surface area contributed by atoms with Gasteiger partial charge in [0.15, 0.2) is 0 Å². The van der Waals surface area contributed by atoms with Gasteiger partial charge in [-0.15, -0.1) is 5.10 Å². The van der Waals surface area contributed by atoms with Gasteiger partial charge in [-0.25, -0.2) is 9.48 Å². The van der Waals surface area contributed by atoms with E-state index in [9.17, 15) is 24.3 Å². The number of hydrogen-bond donors (Lipinski definition) is 1. The van der Waals surface area contributed by atoms with Crippen molar-refractivity contribution in [2.75, 3.05) is 27.9 Å². The van der Waals surface area contributed by atoms with Gasteiger partial charge in [-0.1, -0.05) is 70.7 Å². The summed E-state index contributed by atoms with van der Waals surface area (Å²) in [5, 5.41) is 23.8. The van der Waals surface area contributed by atoms with Crippen LogP contribution >= 0.6 is 0 Å². The van der Waals surface area contributed by atoms with Gasteiger partial charge in [-0.3, -0.25) is 14.4 Å². The highest BCUT2D eigenvalue weighted by Gasteiger charge is 2.53. The number of rotatable bonds is 7. The lowest BCUT2D eigenvalue weighted by atomic mass is 9.77. The molecule has 1 aliphatic carbocycles. The lowest BCUT2D eigenvalue weighted by molar-refractivity contribution is -0.265. The molecule has 15 atom stereocenters. The van der Waals surface area contributed by atoms with Crippen LogP contribution in [0.15, 0.2) is 66.1 Å². The summed E-state index contributed by atoms with van der Waals surface area (Å²) in [5.41, 5.74) is 2.62. The first-order valence-corrected chi connectivity index (χ1v) is 24.8. The van der Waals surface area contributed by atoms with Gasteiger partial charge in [0, 0.05) is 52.6 Å². The molecule has 0 aromatic carbocycles. The van der Waals surface area contributed by atoms with Gasteiger partial charge in [0.25, 0.3) is 11.7 Å². The number of piperidine rings is 1. The number of aliphatic hydroxyl groups is 1. The zero-order valence-electron chi connectivity index (χ0n) is 41.8. The van der Waals surface area contributed by atoms with Crippen molar-refractivity contribution in [3.8, 4) is 0 Å². The van der Waals surface area contributed by atoms with Crippen molar-refractivity contribution in [2.45, 2.75) is 179 Å². The maximum absolute atomic E-state index is 14.5. The quantitative estimate of drug-likeness (QED) is 0.171. The van der Waals surface area contributed by atoms with Crippen LogP contribution in [0.5, 0.6) is 0 Å². The highest BCUT2D eigenvalue weighted by molar-refractivity contribution is 6.39. The Kier molecular flexibility index (Phi) is 18.8. The summed E-state index contributed by atoms with van der Waals surface area (Å²) in [6.07, 6.45) is 16.8. The Morgan fingerprint density at radius 2 is 1.71 bits per heavy atom. The molecule has 5 aliphatic rings. The number of hydrogen-bond acceptors (Lipinski definition) is 14. The van der Waals surface area contributed by atoms with E-state index in [1.165, 1.54) is 4.90 Å². The first-order chi connectivity index (χ1) is 32.5. The Morgan fingerprint density at radius 3 is 2.41 bits per heavy atom. The number of allylic oxidation sites excluding steroid dienone is 6. The number of nitrogens with zero attached hydrogens (tertiary/aromatic N) is 5.